The first-order valence-electron chi connectivity index (χ1n) is 11.0. The lowest BCUT2D eigenvalue weighted by molar-refractivity contribution is -0.137. The molecule has 1 aliphatic heterocycles. The minimum atomic E-state index is -4.44. The van der Waals surface area contributed by atoms with Gasteiger partial charge in [0.05, 0.1) is 24.0 Å². The number of likely N-dealkylation sites (N-methyl/N-ethyl adjacent to an activating group) is 1. The zero-order chi connectivity index (χ0) is 24.5. The number of likely N-dealkylation sites (tertiary alicyclic amines) is 1. The van der Waals surface area contributed by atoms with Crippen molar-refractivity contribution in [3.8, 4) is 5.69 Å². The van der Waals surface area contributed by atoms with Crippen molar-refractivity contribution in [2.75, 3.05) is 25.0 Å². The summed E-state index contributed by atoms with van der Waals surface area (Å²) >= 11 is 0. The summed E-state index contributed by atoms with van der Waals surface area (Å²) in [4.78, 5) is 27.2. The first-order chi connectivity index (χ1) is 16.1. The van der Waals surface area contributed by atoms with Crippen molar-refractivity contribution in [1.82, 2.24) is 29.9 Å². The molecule has 8 nitrogen and oxygen atoms in total. The van der Waals surface area contributed by atoms with Gasteiger partial charge < -0.3 is 9.80 Å². The van der Waals surface area contributed by atoms with Crippen molar-refractivity contribution in [3.63, 3.8) is 0 Å². The minimum Gasteiger partial charge on any atom is -0.358 e. The van der Waals surface area contributed by atoms with Gasteiger partial charge in [0.15, 0.2) is 5.69 Å². The van der Waals surface area contributed by atoms with Gasteiger partial charge >= 0.3 is 6.18 Å². The molecular weight excluding hydrogens is 447 g/mol. The fourth-order valence-electron chi connectivity index (χ4n) is 4.28. The van der Waals surface area contributed by atoms with Gasteiger partial charge in [-0.3, -0.25) is 4.79 Å². The second-order valence-corrected chi connectivity index (χ2v) is 8.61. The average molecular weight is 474 g/mol. The number of carbonyl (C=O) groups excluding carboxylic acids is 1. The van der Waals surface area contributed by atoms with E-state index in [2.05, 4.69) is 27.1 Å². The van der Waals surface area contributed by atoms with E-state index < -0.39 is 11.7 Å². The van der Waals surface area contributed by atoms with Crippen molar-refractivity contribution < 1.29 is 18.0 Å². The Hall–Kier alpha value is -3.50. The Balaban J connectivity index is 1.60. The number of nitrogens with zero attached hydrogens (tertiary/aromatic N) is 7. The molecule has 3 aromatic rings. The zero-order valence-electron chi connectivity index (χ0n) is 19.2. The van der Waals surface area contributed by atoms with Crippen LogP contribution in [0.3, 0.4) is 0 Å². The van der Waals surface area contributed by atoms with E-state index >= 15 is 0 Å². The molecule has 1 saturated heterocycles. The Morgan fingerprint density at radius 3 is 2.56 bits per heavy atom. The molecular formula is C23H26F3N7O. The third kappa shape index (κ3) is 4.87. The highest BCUT2D eigenvalue weighted by atomic mass is 19.4. The van der Waals surface area contributed by atoms with Gasteiger partial charge in [-0.25, -0.2) is 9.97 Å². The molecule has 2 atom stereocenters. The third-order valence-corrected chi connectivity index (χ3v) is 6.15. The summed E-state index contributed by atoms with van der Waals surface area (Å²) in [5.74, 6) is 0.375. The number of aryl methyl sites for hydroxylation is 1. The molecule has 1 unspecified atom stereocenters. The number of alkyl halides is 3. The lowest BCUT2D eigenvalue weighted by Gasteiger charge is -2.42. The molecule has 0 bridgehead atoms. The van der Waals surface area contributed by atoms with Crippen molar-refractivity contribution >= 4 is 11.7 Å². The van der Waals surface area contributed by atoms with Crippen LogP contribution in [0, 0.1) is 12.8 Å². The summed E-state index contributed by atoms with van der Waals surface area (Å²) in [6.07, 6.45) is 1.26. The number of anilines is 1. The molecule has 180 valence electrons. The van der Waals surface area contributed by atoms with Crippen molar-refractivity contribution in [2.45, 2.75) is 38.9 Å². The maximum absolute atomic E-state index is 13.7. The van der Waals surface area contributed by atoms with Gasteiger partial charge in [-0.1, -0.05) is 6.92 Å². The summed E-state index contributed by atoms with van der Waals surface area (Å²) in [7, 11) is 1.77. The molecule has 0 radical (unpaired) electrons. The molecule has 0 spiro atoms. The SMILES string of the molecule is Cc1ccc(-n2nccn2)c(C(=O)N2CCC[C@@H](C)C2CN(C)c2ccc(C(F)(F)F)cn2)n1. The molecule has 4 heterocycles. The van der Waals surface area contributed by atoms with Gasteiger partial charge in [-0.15, -0.1) is 4.80 Å². The first-order valence-corrected chi connectivity index (χ1v) is 11.0. The van der Waals surface area contributed by atoms with Crippen LogP contribution in [0.1, 0.15) is 41.5 Å². The number of hydrogen-bond acceptors (Lipinski definition) is 6. The third-order valence-electron chi connectivity index (χ3n) is 6.15. The van der Waals surface area contributed by atoms with E-state index in [4.69, 9.17) is 0 Å². The molecule has 34 heavy (non-hydrogen) atoms. The second kappa shape index (κ2) is 9.40. The second-order valence-electron chi connectivity index (χ2n) is 8.61. The predicted octanol–water partition coefficient (Wildman–Crippen LogP) is 3.76. The van der Waals surface area contributed by atoms with Gasteiger partial charge in [0, 0.05) is 32.0 Å². The fourth-order valence-corrected chi connectivity index (χ4v) is 4.28. The average Bonchev–Trinajstić information content (AvgIpc) is 3.34. The fraction of sp³-hybridized carbons (Fsp3) is 0.435. The Labute approximate surface area is 195 Å². The van der Waals surface area contributed by atoms with Crippen LogP contribution in [0.2, 0.25) is 0 Å². The molecule has 1 amide bonds. The number of amides is 1. The summed E-state index contributed by atoms with van der Waals surface area (Å²) in [6.45, 7) is 4.88. The van der Waals surface area contributed by atoms with E-state index in [9.17, 15) is 18.0 Å². The number of carbonyl (C=O) groups is 1. The molecule has 0 saturated carbocycles. The predicted molar refractivity (Wildman–Crippen MR) is 120 cm³/mol. The topological polar surface area (TPSA) is 80.0 Å². The Morgan fingerprint density at radius 1 is 1.18 bits per heavy atom. The van der Waals surface area contributed by atoms with Crippen LogP contribution in [-0.4, -0.2) is 61.9 Å². The molecule has 11 heteroatoms. The van der Waals surface area contributed by atoms with Crippen LogP contribution in [-0.2, 0) is 6.18 Å². The van der Waals surface area contributed by atoms with Gasteiger partial charge in [-0.2, -0.15) is 23.4 Å². The molecule has 1 fully saturated rings. The number of piperidine rings is 1. The summed E-state index contributed by atoms with van der Waals surface area (Å²) < 4.78 is 38.7. The normalized spacial score (nSPS) is 18.7. The molecule has 3 aromatic heterocycles. The quantitative estimate of drug-likeness (QED) is 0.562. The minimum absolute atomic E-state index is 0.170. The summed E-state index contributed by atoms with van der Waals surface area (Å²) in [6, 6.07) is 5.78. The molecule has 4 rings (SSSR count). The standard InChI is InChI=1S/C23H26F3N7O/c1-15-5-4-12-32(19(15)14-31(3)20-9-7-17(13-27-20)23(24,25)26)22(34)21-18(8-6-16(2)30-21)33-28-10-11-29-33/h6-11,13,15,19H,4-5,12,14H2,1-3H3/t15-,19?/m1/s1. The van der Waals surface area contributed by atoms with Gasteiger partial charge in [0.2, 0.25) is 0 Å². The van der Waals surface area contributed by atoms with Crippen molar-refractivity contribution in [1.29, 1.82) is 0 Å². The smallest absolute Gasteiger partial charge is 0.358 e. The van der Waals surface area contributed by atoms with Crippen LogP contribution >= 0.6 is 0 Å². The van der Waals surface area contributed by atoms with E-state index in [1.807, 2.05) is 11.8 Å². The largest absolute Gasteiger partial charge is 0.417 e. The summed E-state index contributed by atoms with van der Waals surface area (Å²) in [5.41, 5.74) is 0.672. The maximum atomic E-state index is 13.7. The Morgan fingerprint density at radius 2 is 1.91 bits per heavy atom. The van der Waals surface area contributed by atoms with Crippen LogP contribution in [0.15, 0.2) is 42.9 Å². The molecule has 0 aromatic carbocycles. The van der Waals surface area contributed by atoms with Crippen LogP contribution in [0.25, 0.3) is 5.69 Å². The number of pyridine rings is 2. The van der Waals surface area contributed by atoms with E-state index in [1.165, 1.54) is 23.3 Å². The van der Waals surface area contributed by atoms with Crippen molar-refractivity contribution in [3.05, 3.63) is 59.8 Å². The Kier molecular flexibility index (Phi) is 6.54. The molecule has 0 aliphatic carbocycles. The van der Waals surface area contributed by atoms with E-state index in [0.29, 0.717) is 30.3 Å². The number of halogens is 3. The van der Waals surface area contributed by atoms with Gasteiger partial charge in [0.1, 0.15) is 11.5 Å². The monoisotopic (exact) mass is 473 g/mol. The van der Waals surface area contributed by atoms with Crippen LogP contribution in [0.4, 0.5) is 19.0 Å². The lowest BCUT2D eigenvalue weighted by Crippen LogP contribution is -2.53. The highest BCUT2D eigenvalue weighted by Gasteiger charge is 2.35. The van der Waals surface area contributed by atoms with E-state index in [-0.39, 0.29) is 23.6 Å². The Bertz CT molecular complexity index is 1130. The van der Waals surface area contributed by atoms with Crippen molar-refractivity contribution in [2.24, 2.45) is 5.92 Å². The highest BCUT2D eigenvalue weighted by Crippen LogP contribution is 2.30. The number of rotatable bonds is 5. The van der Waals surface area contributed by atoms with Gasteiger partial charge in [-0.05, 0) is 49.9 Å². The molecule has 0 N–H and O–H groups in total. The molecule has 1 aliphatic rings. The maximum Gasteiger partial charge on any atom is 0.417 e. The number of hydrogen-bond donors (Lipinski definition) is 0. The van der Waals surface area contributed by atoms with E-state index in [0.717, 1.165) is 25.1 Å². The first kappa shape index (κ1) is 23.7. The highest BCUT2D eigenvalue weighted by molar-refractivity contribution is 5.96. The number of aromatic nitrogens is 5. The van der Waals surface area contributed by atoms with E-state index in [1.54, 1.807) is 24.1 Å². The summed E-state index contributed by atoms with van der Waals surface area (Å²) in [5, 5.41) is 8.30. The lowest BCUT2D eigenvalue weighted by atomic mass is 9.90. The van der Waals surface area contributed by atoms with Gasteiger partial charge in [0.25, 0.3) is 5.91 Å². The van der Waals surface area contributed by atoms with Crippen LogP contribution in [0.5, 0.6) is 0 Å². The zero-order valence-corrected chi connectivity index (χ0v) is 19.2. The van der Waals surface area contributed by atoms with Crippen LogP contribution < -0.4 is 4.90 Å².